The van der Waals surface area contributed by atoms with Crippen molar-refractivity contribution in [2.75, 3.05) is 24.2 Å². The van der Waals surface area contributed by atoms with Crippen LogP contribution in [0.3, 0.4) is 0 Å². The van der Waals surface area contributed by atoms with E-state index in [9.17, 15) is 22.4 Å². The van der Waals surface area contributed by atoms with Gasteiger partial charge >= 0.3 is 0 Å². The van der Waals surface area contributed by atoms with Gasteiger partial charge in [-0.05, 0) is 31.5 Å². The monoisotopic (exact) mass is 433 g/mol. The van der Waals surface area contributed by atoms with Gasteiger partial charge in [0.1, 0.15) is 11.4 Å². The molecule has 1 saturated heterocycles. The zero-order valence-corrected chi connectivity index (χ0v) is 17.9. The number of amides is 2. The molecule has 0 bridgehead atoms. The van der Waals surface area contributed by atoms with E-state index in [0.717, 1.165) is 26.6 Å². The molecule has 2 aromatic carbocycles. The average Bonchev–Trinajstić information content (AvgIpc) is 2.67. The number of aryl methyl sites for hydroxylation is 1. The van der Waals surface area contributed by atoms with Crippen molar-refractivity contribution in [3.63, 3.8) is 0 Å². The number of rotatable bonds is 5. The van der Waals surface area contributed by atoms with Crippen LogP contribution < -0.4 is 10.2 Å². The van der Waals surface area contributed by atoms with Crippen LogP contribution in [0.5, 0.6) is 0 Å². The van der Waals surface area contributed by atoms with Gasteiger partial charge in [0.2, 0.25) is 21.8 Å². The Balaban J connectivity index is 1.96. The van der Waals surface area contributed by atoms with Crippen LogP contribution in [0.1, 0.15) is 18.1 Å². The average molecular weight is 434 g/mol. The van der Waals surface area contributed by atoms with Crippen LogP contribution in [0, 0.1) is 12.7 Å². The van der Waals surface area contributed by atoms with Crippen LogP contribution in [-0.2, 0) is 26.2 Å². The summed E-state index contributed by atoms with van der Waals surface area (Å²) >= 11 is 0. The lowest BCUT2D eigenvalue weighted by atomic mass is 9.94. The lowest BCUT2D eigenvalue weighted by molar-refractivity contribution is -0.133. The Kier molecular flexibility index (Phi) is 5.96. The number of carbonyl (C=O) groups excluding carboxylic acids is 2. The number of hydrogen-bond acceptors (Lipinski definition) is 4. The maximum Gasteiger partial charge on any atom is 0.247 e. The summed E-state index contributed by atoms with van der Waals surface area (Å²) in [4.78, 5) is 27.2. The van der Waals surface area contributed by atoms with E-state index < -0.39 is 39.7 Å². The Morgan fingerprint density at radius 2 is 1.80 bits per heavy atom. The van der Waals surface area contributed by atoms with Crippen molar-refractivity contribution in [2.24, 2.45) is 0 Å². The van der Waals surface area contributed by atoms with E-state index in [-0.39, 0.29) is 18.8 Å². The third kappa shape index (κ3) is 4.36. The van der Waals surface area contributed by atoms with Crippen molar-refractivity contribution in [1.29, 1.82) is 0 Å². The Labute approximate surface area is 175 Å². The van der Waals surface area contributed by atoms with Gasteiger partial charge in [0.15, 0.2) is 0 Å². The van der Waals surface area contributed by atoms with Gasteiger partial charge in [-0.3, -0.25) is 14.5 Å². The number of sulfonamides is 1. The number of para-hydroxylation sites is 1. The van der Waals surface area contributed by atoms with Crippen molar-refractivity contribution in [3.05, 3.63) is 65.5 Å². The Bertz CT molecular complexity index is 1070. The van der Waals surface area contributed by atoms with E-state index in [1.807, 2.05) is 31.2 Å². The molecule has 3 rings (SSSR count). The molecule has 2 aromatic rings. The lowest BCUT2D eigenvalue weighted by Gasteiger charge is -2.46. The summed E-state index contributed by atoms with van der Waals surface area (Å²) in [6.45, 7) is 2.83. The molecule has 1 fully saturated rings. The molecule has 1 N–H and O–H groups in total. The number of halogens is 1. The molecular formula is C21H24FN3O4S. The maximum atomic E-state index is 14.5. The smallest absolute Gasteiger partial charge is 0.247 e. The van der Waals surface area contributed by atoms with Crippen molar-refractivity contribution in [1.82, 2.24) is 9.62 Å². The zero-order valence-electron chi connectivity index (χ0n) is 17.1. The van der Waals surface area contributed by atoms with Crippen molar-refractivity contribution in [3.8, 4) is 0 Å². The standard InChI is InChI=1S/C21H24FN3O4S/c1-15-8-10-16(11-9-15)12-23-20(27)21(2)14-24(30(3,28)29)13-19(26)25(21)18-7-5-4-6-17(18)22/h4-11H,12-14H2,1-3H3,(H,23,27)/t21-/m0/s1. The minimum absolute atomic E-state index is 0.0661. The molecule has 1 atom stereocenters. The minimum Gasteiger partial charge on any atom is -0.350 e. The van der Waals surface area contributed by atoms with Crippen LogP contribution in [0.25, 0.3) is 0 Å². The molecule has 0 saturated carbocycles. The number of carbonyl (C=O) groups is 2. The summed E-state index contributed by atoms with van der Waals surface area (Å²) < 4.78 is 39.7. The Morgan fingerprint density at radius 1 is 1.17 bits per heavy atom. The first kappa shape index (κ1) is 21.9. The predicted molar refractivity (Wildman–Crippen MR) is 112 cm³/mol. The molecule has 1 heterocycles. The van der Waals surface area contributed by atoms with Crippen LogP contribution in [0.4, 0.5) is 10.1 Å². The topological polar surface area (TPSA) is 86.8 Å². The number of hydrogen-bond donors (Lipinski definition) is 1. The van der Waals surface area contributed by atoms with Gasteiger partial charge in [-0.2, -0.15) is 4.31 Å². The highest BCUT2D eigenvalue weighted by molar-refractivity contribution is 7.88. The summed E-state index contributed by atoms with van der Waals surface area (Å²) in [5.41, 5.74) is 0.218. The first-order valence-electron chi connectivity index (χ1n) is 9.39. The third-order valence-electron chi connectivity index (χ3n) is 5.16. The van der Waals surface area contributed by atoms with Crippen molar-refractivity contribution >= 4 is 27.5 Å². The normalized spacial score (nSPS) is 20.3. The van der Waals surface area contributed by atoms with Crippen LogP contribution in [-0.4, -0.2) is 49.4 Å². The number of nitrogens with one attached hydrogen (secondary N) is 1. The van der Waals surface area contributed by atoms with Gasteiger partial charge < -0.3 is 5.32 Å². The fourth-order valence-corrected chi connectivity index (χ4v) is 4.32. The van der Waals surface area contributed by atoms with Gasteiger partial charge in [-0.15, -0.1) is 0 Å². The first-order chi connectivity index (χ1) is 14.0. The van der Waals surface area contributed by atoms with Gasteiger partial charge in [-0.1, -0.05) is 42.0 Å². The number of anilines is 1. The minimum atomic E-state index is -3.74. The first-order valence-corrected chi connectivity index (χ1v) is 11.2. The summed E-state index contributed by atoms with van der Waals surface area (Å²) in [7, 11) is -3.74. The SMILES string of the molecule is Cc1ccc(CNC(=O)[C@]2(C)CN(S(C)(=O)=O)CC(=O)N2c2ccccc2F)cc1. The maximum absolute atomic E-state index is 14.5. The van der Waals surface area contributed by atoms with E-state index in [1.165, 1.54) is 25.1 Å². The largest absolute Gasteiger partial charge is 0.350 e. The number of benzene rings is 2. The van der Waals surface area contributed by atoms with Crippen molar-refractivity contribution in [2.45, 2.75) is 25.9 Å². The fourth-order valence-electron chi connectivity index (χ4n) is 3.49. The molecule has 2 amide bonds. The van der Waals surface area contributed by atoms with Gasteiger partial charge in [0.05, 0.1) is 18.5 Å². The second-order valence-corrected chi connectivity index (χ2v) is 9.64. The molecule has 1 aliphatic rings. The quantitative estimate of drug-likeness (QED) is 0.779. The summed E-state index contributed by atoms with van der Waals surface area (Å²) in [6.07, 6.45) is 0.976. The molecule has 7 nitrogen and oxygen atoms in total. The molecule has 0 radical (unpaired) electrons. The highest BCUT2D eigenvalue weighted by Gasteiger charge is 2.50. The number of piperazine rings is 1. The molecule has 9 heteroatoms. The predicted octanol–water partition coefficient (Wildman–Crippen LogP) is 1.82. The Hall–Kier alpha value is -2.78. The lowest BCUT2D eigenvalue weighted by Crippen LogP contribution is -2.70. The third-order valence-corrected chi connectivity index (χ3v) is 6.36. The van der Waals surface area contributed by atoms with E-state index >= 15 is 0 Å². The second kappa shape index (κ2) is 8.16. The Morgan fingerprint density at radius 3 is 2.40 bits per heavy atom. The van der Waals surface area contributed by atoms with Crippen LogP contribution in [0.15, 0.2) is 48.5 Å². The van der Waals surface area contributed by atoms with E-state index in [4.69, 9.17) is 0 Å². The van der Waals surface area contributed by atoms with E-state index in [0.29, 0.717) is 0 Å². The van der Waals surface area contributed by atoms with Crippen LogP contribution >= 0.6 is 0 Å². The van der Waals surface area contributed by atoms with E-state index in [2.05, 4.69) is 5.32 Å². The van der Waals surface area contributed by atoms with Gasteiger partial charge in [0.25, 0.3) is 0 Å². The highest BCUT2D eigenvalue weighted by Crippen LogP contribution is 2.32. The van der Waals surface area contributed by atoms with Gasteiger partial charge in [-0.25, -0.2) is 12.8 Å². The molecule has 0 aromatic heterocycles. The molecule has 1 aliphatic heterocycles. The molecule has 0 spiro atoms. The number of nitrogens with zero attached hydrogens (tertiary/aromatic N) is 2. The van der Waals surface area contributed by atoms with Crippen LogP contribution in [0.2, 0.25) is 0 Å². The highest BCUT2D eigenvalue weighted by atomic mass is 32.2. The van der Waals surface area contributed by atoms with E-state index in [1.54, 1.807) is 6.07 Å². The van der Waals surface area contributed by atoms with Gasteiger partial charge in [0, 0.05) is 13.1 Å². The zero-order chi connectivity index (χ0) is 22.1. The molecular weight excluding hydrogens is 409 g/mol. The fraction of sp³-hybridized carbons (Fsp3) is 0.333. The summed E-state index contributed by atoms with van der Waals surface area (Å²) in [5, 5.41) is 2.76. The second-order valence-electron chi connectivity index (χ2n) is 7.65. The molecule has 160 valence electrons. The molecule has 0 aliphatic carbocycles. The van der Waals surface area contributed by atoms with Crippen molar-refractivity contribution < 1.29 is 22.4 Å². The molecule has 0 unspecified atom stereocenters. The molecule has 30 heavy (non-hydrogen) atoms. The summed E-state index contributed by atoms with van der Waals surface area (Å²) in [6, 6.07) is 13.2. The summed E-state index contributed by atoms with van der Waals surface area (Å²) in [5.74, 6) is -1.92.